The number of H-pyrrole nitrogens is 1. The van der Waals surface area contributed by atoms with Crippen molar-refractivity contribution in [3.8, 4) is 23.3 Å². The highest BCUT2D eigenvalue weighted by atomic mass is 35.5. The van der Waals surface area contributed by atoms with Crippen LogP contribution in [0.4, 0.5) is 10.2 Å². The molecule has 0 fully saturated rings. The molecule has 1 heterocycles. The molecule has 0 saturated carbocycles. The summed E-state index contributed by atoms with van der Waals surface area (Å²) in [4.78, 5) is 14.0. The summed E-state index contributed by atoms with van der Waals surface area (Å²) in [5.41, 5.74) is 4.34. The van der Waals surface area contributed by atoms with Crippen molar-refractivity contribution in [3.05, 3.63) is 50.0 Å². The van der Waals surface area contributed by atoms with E-state index in [9.17, 15) is 14.4 Å². The number of pyridine rings is 1. The second-order valence-corrected chi connectivity index (χ2v) is 4.65. The molecule has 0 atom stereocenters. The van der Waals surface area contributed by atoms with Crippen LogP contribution < -0.4 is 11.3 Å². The molecule has 7 heteroatoms. The van der Waals surface area contributed by atoms with Gasteiger partial charge in [0.2, 0.25) is 0 Å². The van der Waals surface area contributed by atoms with Crippen LogP contribution >= 0.6 is 11.6 Å². The molecule has 0 amide bonds. The number of benzene rings is 1. The molecule has 1 aromatic heterocycles. The van der Waals surface area contributed by atoms with Crippen molar-refractivity contribution in [3.63, 3.8) is 0 Å². The number of nitrogens with two attached hydrogens (primary N) is 1. The normalized spacial score (nSPS) is 9.95. The van der Waals surface area contributed by atoms with Gasteiger partial charge < -0.3 is 10.7 Å². The molecule has 1 aromatic carbocycles. The largest absolute Gasteiger partial charge is 0.384 e. The summed E-state index contributed by atoms with van der Waals surface area (Å²) in [5, 5.41) is 18.4. The number of nitriles is 2. The van der Waals surface area contributed by atoms with E-state index in [4.69, 9.17) is 22.6 Å². The topological polar surface area (TPSA) is 106 Å². The van der Waals surface area contributed by atoms with E-state index in [0.29, 0.717) is 5.56 Å². The number of hydrogen-bond donors (Lipinski definition) is 2. The third kappa shape index (κ3) is 2.22. The number of aromatic amines is 1. The molecule has 0 spiro atoms. The summed E-state index contributed by atoms with van der Waals surface area (Å²) in [6.07, 6.45) is 0. The number of aromatic nitrogens is 1. The molecule has 21 heavy (non-hydrogen) atoms. The molecule has 104 valence electrons. The molecule has 0 saturated heterocycles. The van der Waals surface area contributed by atoms with Gasteiger partial charge in [0.1, 0.15) is 34.9 Å². The Morgan fingerprint density at radius 1 is 1.24 bits per heavy atom. The fourth-order valence-corrected chi connectivity index (χ4v) is 2.23. The molecule has 0 bridgehead atoms. The highest BCUT2D eigenvalue weighted by Gasteiger charge is 2.23. The van der Waals surface area contributed by atoms with Gasteiger partial charge in [-0.2, -0.15) is 10.5 Å². The van der Waals surface area contributed by atoms with Gasteiger partial charge in [0.25, 0.3) is 5.56 Å². The van der Waals surface area contributed by atoms with Crippen LogP contribution in [0, 0.1) is 35.4 Å². The standard InChI is InChI=1S/C14H8ClFN4O/c1-6-2-3-9(16)11(12(6)15)10-7(4-17)13(19)20-14(21)8(10)5-18/h2-3H,1H3,(H3,19,20,21). The van der Waals surface area contributed by atoms with Crippen LogP contribution in [0.2, 0.25) is 5.02 Å². The third-order valence-electron chi connectivity index (χ3n) is 3.00. The number of anilines is 1. The van der Waals surface area contributed by atoms with Crippen molar-refractivity contribution in [1.29, 1.82) is 10.5 Å². The number of hydrogen-bond acceptors (Lipinski definition) is 4. The lowest BCUT2D eigenvalue weighted by Crippen LogP contribution is -2.16. The molecule has 0 unspecified atom stereocenters. The molecular weight excluding hydrogens is 295 g/mol. The molecule has 2 rings (SSSR count). The van der Waals surface area contributed by atoms with Crippen LogP contribution in [0.15, 0.2) is 16.9 Å². The van der Waals surface area contributed by atoms with Crippen molar-refractivity contribution in [2.24, 2.45) is 0 Å². The number of halogens is 2. The lowest BCUT2D eigenvalue weighted by Gasteiger charge is -2.12. The Morgan fingerprint density at radius 2 is 1.86 bits per heavy atom. The van der Waals surface area contributed by atoms with E-state index in [0.717, 1.165) is 6.07 Å². The number of nitrogens with zero attached hydrogens (tertiary/aromatic N) is 2. The van der Waals surface area contributed by atoms with Gasteiger partial charge in [-0.25, -0.2) is 4.39 Å². The summed E-state index contributed by atoms with van der Waals surface area (Å²) < 4.78 is 14.2. The lowest BCUT2D eigenvalue weighted by molar-refractivity contribution is 0.631. The van der Waals surface area contributed by atoms with Crippen LogP contribution in [0.5, 0.6) is 0 Å². The zero-order chi connectivity index (χ0) is 15.7. The minimum Gasteiger partial charge on any atom is -0.384 e. The van der Waals surface area contributed by atoms with Gasteiger partial charge >= 0.3 is 0 Å². The van der Waals surface area contributed by atoms with Crippen LogP contribution in [-0.4, -0.2) is 4.98 Å². The van der Waals surface area contributed by atoms with Gasteiger partial charge in [-0.1, -0.05) is 17.7 Å². The number of rotatable bonds is 1. The highest BCUT2D eigenvalue weighted by Crippen LogP contribution is 2.37. The Kier molecular flexibility index (Phi) is 3.66. The smallest absolute Gasteiger partial charge is 0.268 e. The van der Waals surface area contributed by atoms with Gasteiger partial charge in [0.05, 0.1) is 5.02 Å². The Hall–Kier alpha value is -2.83. The van der Waals surface area contributed by atoms with Gasteiger partial charge in [-0.05, 0) is 18.6 Å². The van der Waals surface area contributed by atoms with E-state index < -0.39 is 16.9 Å². The SMILES string of the molecule is Cc1ccc(F)c(-c2c(C#N)c(N)[nH]c(=O)c2C#N)c1Cl. The predicted octanol–water partition coefficient (Wildman–Crippen LogP) is 2.47. The van der Waals surface area contributed by atoms with Crippen LogP contribution in [0.25, 0.3) is 11.1 Å². The maximum Gasteiger partial charge on any atom is 0.268 e. The van der Waals surface area contributed by atoms with E-state index in [1.165, 1.54) is 6.07 Å². The van der Waals surface area contributed by atoms with E-state index in [2.05, 4.69) is 4.98 Å². The first-order valence-corrected chi connectivity index (χ1v) is 6.11. The molecule has 3 N–H and O–H groups in total. The Balaban J connectivity index is 3.09. The van der Waals surface area contributed by atoms with Crippen LogP contribution in [-0.2, 0) is 0 Å². The average Bonchev–Trinajstić information content (AvgIpc) is 2.43. The number of nitrogens with one attached hydrogen (secondary N) is 1. The molecule has 2 aromatic rings. The summed E-state index contributed by atoms with van der Waals surface area (Å²) in [6, 6.07) is 6.03. The maximum atomic E-state index is 14.2. The molecule has 0 aliphatic rings. The van der Waals surface area contributed by atoms with Crippen LogP contribution in [0.1, 0.15) is 16.7 Å². The fourth-order valence-electron chi connectivity index (χ4n) is 1.98. The first kappa shape index (κ1) is 14.6. The molecule has 0 radical (unpaired) electrons. The predicted molar refractivity (Wildman–Crippen MR) is 76.0 cm³/mol. The van der Waals surface area contributed by atoms with Crippen molar-refractivity contribution >= 4 is 17.4 Å². The quantitative estimate of drug-likeness (QED) is 0.843. The van der Waals surface area contributed by atoms with Gasteiger partial charge in [0, 0.05) is 11.1 Å². The first-order chi connectivity index (χ1) is 9.92. The van der Waals surface area contributed by atoms with Crippen LogP contribution in [0.3, 0.4) is 0 Å². The Morgan fingerprint density at radius 3 is 2.43 bits per heavy atom. The first-order valence-electron chi connectivity index (χ1n) is 5.73. The molecule has 0 aliphatic heterocycles. The number of aryl methyl sites for hydroxylation is 1. The Labute approximate surface area is 124 Å². The van der Waals surface area contributed by atoms with Crippen molar-refractivity contribution in [1.82, 2.24) is 4.98 Å². The zero-order valence-corrected chi connectivity index (χ0v) is 11.5. The van der Waals surface area contributed by atoms with E-state index >= 15 is 0 Å². The van der Waals surface area contributed by atoms with E-state index in [1.54, 1.807) is 19.1 Å². The highest BCUT2D eigenvalue weighted by molar-refractivity contribution is 6.34. The zero-order valence-electron chi connectivity index (χ0n) is 10.8. The Bertz CT molecular complexity index is 890. The van der Waals surface area contributed by atoms with E-state index in [-0.39, 0.29) is 27.5 Å². The average molecular weight is 303 g/mol. The number of nitrogen functional groups attached to an aromatic ring is 1. The summed E-state index contributed by atoms with van der Waals surface area (Å²) >= 11 is 6.08. The minimum atomic E-state index is -0.805. The fraction of sp³-hybridized carbons (Fsp3) is 0.0714. The van der Waals surface area contributed by atoms with Gasteiger partial charge in [-0.15, -0.1) is 0 Å². The van der Waals surface area contributed by atoms with Gasteiger partial charge in [0.15, 0.2) is 0 Å². The van der Waals surface area contributed by atoms with E-state index in [1.807, 2.05) is 0 Å². The minimum absolute atomic E-state index is 0.0213. The molecule has 0 aliphatic carbocycles. The summed E-state index contributed by atoms with van der Waals surface area (Å²) in [5.74, 6) is -0.989. The molecular formula is C14H8ClFN4O. The molecule has 5 nitrogen and oxygen atoms in total. The van der Waals surface area contributed by atoms with Gasteiger partial charge in [-0.3, -0.25) is 4.79 Å². The third-order valence-corrected chi connectivity index (χ3v) is 3.49. The second-order valence-electron chi connectivity index (χ2n) is 4.27. The second kappa shape index (κ2) is 5.28. The monoisotopic (exact) mass is 302 g/mol. The van der Waals surface area contributed by atoms with Crippen molar-refractivity contribution < 1.29 is 4.39 Å². The summed E-state index contributed by atoms with van der Waals surface area (Å²) in [7, 11) is 0. The maximum absolute atomic E-state index is 14.2. The lowest BCUT2D eigenvalue weighted by atomic mass is 9.95. The summed E-state index contributed by atoms with van der Waals surface area (Å²) in [6.45, 7) is 1.64. The van der Waals surface area contributed by atoms with Crippen molar-refractivity contribution in [2.75, 3.05) is 5.73 Å². The van der Waals surface area contributed by atoms with Crippen molar-refractivity contribution in [2.45, 2.75) is 6.92 Å².